The second kappa shape index (κ2) is 8.22. The highest BCUT2D eigenvalue weighted by atomic mass is 16.2. The molecule has 1 aliphatic heterocycles. The van der Waals surface area contributed by atoms with Gasteiger partial charge in [-0.05, 0) is 30.7 Å². The van der Waals surface area contributed by atoms with Gasteiger partial charge in [0.25, 0.3) is 0 Å². The maximum atomic E-state index is 12.7. The Kier molecular flexibility index (Phi) is 5.48. The minimum Gasteiger partial charge on any atom is -0.341 e. The number of carbonyl (C=O) groups is 1. The summed E-state index contributed by atoms with van der Waals surface area (Å²) < 4.78 is 0. The van der Waals surface area contributed by atoms with Gasteiger partial charge in [0.05, 0.1) is 5.69 Å². The van der Waals surface area contributed by atoms with Crippen LogP contribution in [-0.2, 0) is 4.79 Å². The molecule has 6 nitrogen and oxygen atoms in total. The minimum atomic E-state index is -0.382. The number of carbonyl (C=O) groups excluding carboxylic acids is 1. The van der Waals surface area contributed by atoms with Gasteiger partial charge >= 0.3 is 0 Å². The van der Waals surface area contributed by atoms with Crippen molar-refractivity contribution in [2.75, 3.05) is 18.4 Å². The average Bonchev–Trinajstić information content (AvgIpc) is 3.24. The monoisotopic (exact) mass is 401 g/mol. The molecule has 0 bridgehead atoms. The Hall–Kier alpha value is -3.28. The summed E-state index contributed by atoms with van der Waals surface area (Å²) in [4.78, 5) is 28.5. The van der Waals surface area contributed by atoms with Crippen molar-refractivity contribution in [2.24, 2.45) is 5.41 Å². The Morgan fingerprint density at radius 1 is 1.10 bits per heavy atom. The van der Waals surface area contributed by atoms with Crippen molar-refractivity contribution in [3.05, 3.63) is 66.7 Å². The number of anilines is 2. The Morgan fingerprint density at radius 2 is 1.90 bits per heavy atom. The van der Waals surface area contributed by atoms with Crippen LogP contribution in [-0.4, -0.2) is 38.8 Å². The molecule has 1 unspecified atom stereocenters. The van der Waals surface area contributed by atoms with Crippen LogP contribution in [0.25, 0.3) is 11.3 Å². The normalized spacial score (nSPS) is 16.5. The van der Waals surface area contributed by atoms with E-state index in [9.17, 15) is 4.79 Å². The SMILES string of the molecule is CC(C)(C)C(=O)N1CCC(c2nc(Nc3ccccc3)cc(-c3cccnc3)n2)C1. The predicted octanol–water partition coefficient (Wildman–Crippen LogP) is 4.64. The molecule has 154 valence electrons. The number of hydrogen-bond donors (Lipinski definition) is 1. The number of benzene rings is 1. The molecule has 2 aromatic heterocycles. The molecular formula is C24H27N5O. The van der Waals surface area contributed by atoms with Crippen LogP contribution in [0.5, 0.6) is 0 Å². The fraction of sp³-hybridized carbons (Fsp3) is 0.333. The van der Waals surface area contributed by atoms with Crippen LogP contribution < -0.4 is 5.32 Å². The van der Waals surface area contributed by atoms with Gasteiger partial charge in [-0.3, -0.25) is 9.78 Å². The van der Waals surface area contributed by atoms with E-state index in [1.54, 1.807) is 6.20 Å². The van der Waals surface area contributed by atoms with Gasteiger partial charge in [-0.2, -0.15) is 0 Å². The second-order valence-electron chi connectivity index (χ2n) is 8.72. The van der Waals surface area contributed by atoms with Gasteiger partial charge < -0.3 is 10.2 Å². The lowest BCUT2D eigenvalue weighted by molar-refractivity contribution is -0.138. The van der Waals surface area contributed by atoms with Crippen molar-refractivity contribution >= 4 is 17.4 Å². The average molecular weight is 402 g/mol. The fourth-order valence-electron chi connectivity index (χ4n) is 3.67. The summed E-state index contributed by atoms with van der Waals surface area (Å²) in [5.41, 5.74) is 2.35. The second-order valence-corrected chi connectivity index (χ2v) is 8.72. The van der Waals surface area contributed by atoms with Crippen LogP contribution in [0, 0.1) is 5.41 Å². The van der Waals surface area contributed by atoms with E-state index >= 15 is 0 Å². The van der Waals surface area contributed by atoms with E-state index in [4.69, 9.17) is 9.97 Å². The molecule has 0 spiro atoms. The number of rotatable bonds is 4. The molecule has 1 amide bonds. The molecule has 1 aliphatic rings. The predicted molar refractivity (Wildman–Crippen MR) is 118 cm³/mol. The van der Waals surface area contributed by atoms with E-state index in [0.29, 0.717) is 6.54 Å². The van der Waals surface area contributed by atoms with E-state index in [1.165, 1.54) is 0 Å². The van der Waals surface area contributed by atoms with Gasteiger partial charge in [-0.25, -0.2) is 9.97 Å². The number of pyridine rings is 1. The molecule has 3 aromatic rings. The van der Waals surface area contributed by atoms with Crippen LogP contribution in [0.15, 0.2) is 60.9 Å². The maximum absolute atomic E-state index is 12.7. The molecule has 1 atom stereocenters. The minimum absolute atomic E-state index is 0.115. The summed E-state index contributed by atoms with van der Waals surface area (Å²) in [6, 6.07) is 15.8. The topological polar surface area (TPSA) is 71.0 Å². The lowest BCUT2D eigenvalue weighted by Crippen LogP contribution is -2.37. The molecule has 0 aliphatic carbocycles. The smallest absolute Gasteiger partial charge is 0.227 e. The van der Waals surface area contributed by atoms with Gasteiger partial charge in [0.15, 0.2) is 0 Å². The Morgan fingerprint density at radius 3 is 2.60 bits per heavy atom. The molecular weight excluding hydrogens is 374 g/mol. The highest BCUT2D eigenvalue weighted by molar-refractivity contribution is 5.81. The molecule has 0 radical (unpaired) electrons. The molecule has 1 fully saturated rings. The molecule has 4 rings (SSSR count). The van der Waals surface area contributed by atoms with E-state index in [-0.39, 0.29) is 17.2 Å². The summed E-state index contributed by atoms with van der Waals surface area (Å²) in [7, 11) is 0. The van der Waals surface area contributed by atoms with Crippen LogP contribution in [0.1, 0.15) is 38.9 Å². The maximum Gasteiger partial charge on any atom is 0.227 e. The Balaban J connectivity index is 1.65. The summed E-state index contributed by atoms with van der Waals surface area (Å²) in [6.07, 6.45) is 4.42. The number of aromatic nitrogens is 3. The first-order chi connectivity index (χ1) is 14.4. The zero-order valence-electron chi connectivity index (χ0n) is 17.7. The van der Waals surface area contributed by atoms with Gasteiger partial charge in [0.1, 0.15) is 11.6 Å². The molecule has 6 heteroatoms. The number of nitrogens with one attached hydrogen (secondary N) is 1. The van der Waals surface area contributed by atoms with E-state index < -0.39 is 0 Å². The Bertz CT molecular complexity index is 1010. The number of nitrogens with zero attached hydrogens (tertiary/aromatic N) is 4. The molecule has 1 saturated heterocycles. The zero-order chi connectivity index (χ0) is 21.1. The van der Waals surface area contributed by atoms with Crippen molar-refractivity contribution in [1.82, 2.24) is 19.9 Å². The van der Waals surface area contributed by atoms with Gasteiger partial charge in [0.2, 0.25) is 5.91 Å². The molecule has 3 heterocycles. The van der Waals surface area contributed by atoms with Crippen molar-refractivity contribution < 1.29 is 4.79 Å². The summed E-state index contributed by atoms with van der Waals surface area (Å²) >= 11 is 0. The number of likely N-dealkylation sites (tertiary alicyclic amines) is 1. The van der Waals surface area contributed by atoms with Crippen LogP contribution in [0.4, 0.5) is 11.5 Å². The molecule has 0 saturated carbocycles. The first-order valence-electron chi connectivity index (χ1n) is 10.3. The lowest BCUT2D eigenvalue weighted by Gasteiger charge is -2.25. The Labute approximate surface area is 177 Å². The van der Waals surface area contributed by atoms with Crippen molar-refractivity contribution in [2.45, 2.75) is 33.1 Å². The van der Waals surface area contributed by atoms with E-state index in [1.807, 2.05) is 80.4 Å². The lowest BCUT2D eigenvalue weighted by atomic mass is 9.95. The van der Waals surface area contributed by atoms with E-state index in [0.717, 1.165) is 41.6 Å². The van der Waals surface area contributed by atoms with Crippen LogP contribution >= 0.6 is 0 Å². The molecule has 1 N–H and O–H groups in total. The third-order valence-electron chi connectivity index (χ3n) is 5.23. The number of para-hydroxylation sites is 1. The number of amides is 1. The van der Waals surface area contributed by atoms with Gasteiger partial charge in [0, 0.05) is 54.1 Å². The first kappa shape index (κ1) is 20.0. The van der Waals surface area contributed by atoms with Crippen molar-refractivity contribution in [3.8, 4) is 11.3 Å². The van der Waals surface area contributed by atoms with E-state index in [2.05, 4.69) is 10.3 Å². The van der Waals surface area contributed by atoms with Crippen molar-refractivity contribution in [3.63, 3.8) is 0 Å². The third kappa shape index (κ3) is 4.48. The first-order valence-corrected chi connectivity index (χ1v) is 10.3. The largest absolute Gasteiger partial charge is 0.341 e. The highest BCUT2D eigenvalue weighted by Gasteiger charge is 2.34. The number of hydrogen-bond acceptors (Lipinski definition) is 5. The van der Waals surface area contributed by atoms with Crippen LogP contribution in [0.3, 0.4) is 0 Å². The quantitative estimate of drug-likeness (QED) is 0.689. The van der Waals surface area contributed by atoms with Crippen LogP contribution in [0.2, 0.25) is 0 Å². The molecule has 1 aromatic carbocycles. The zero-order valence-corrected chi connectivity index (χ0v) is 17.7. The highest BCUT2D eigenvalue weighted by Crippen LogP contribution is 2.31. The van der Waals surface area contributed by atoms with Gasteiger partial charge in [-0.1, -0.05) is 39.0 Å². The fourth-order valence-corrected chi connectivity index (χ4v) is 3.67. The third-order valence-corrected chi connectivity index (χ3v) is 5.23. The summed E-state index contributed by atoms with van der Waals surface area (Å²) in [5.74, 6) is 1.80. The summed E-state index contributed by atoms with van der Waals surface area (Å²) in [5, 5.41) is 3.38. The van der Waals surface area contributed by atoms with Crippen molar-refractivity contribution in [1.29, 1.82) is 0 Å². The standard InChI is InChI=1S/C24H27N5O/c1-24(2,3)23(30)29-13-11-18(16-29)22-27-20(17-8-7-12-25-15-17)14-21(28-22)26-19-9-5-4-6-10-19/h4-10,12,14-15,18H,11,13,16H2,1-3H3,(H,26,27,28). The molecule has 30 heavy (non-hydrogen) atoms. The summed E-state index contributed by atoms with van der Waals surface area (Å²) in [6.45, 7) is 7.28. The van der Waals surface area contributed by atoms with Gasteiger partial charge in [-0.15, -0.1) is 0 Å².